The molecular formula is C15H24O2. The second kappa shape index (κ2) is 6.06. The zero-order chi connectivity index (χ0) is 12.9. The molecule has 2 nitrogen and oxygen atoms in total. The quantitative estimate of drug-likeness (QED) is 0.815. The molecular weight excluding hydrogens is 212 g/mol. The molecule has 0 heterocycles. The van der Waals surface area contributed by atoms with Gasteiger partial charge in [0.15, 0.2) is 0 Å². The fraction of sp³-hybridized carbons (Fsp3) is 0.600. The van der Waals surface area contributed by atoms with Crippen molar-refractivity contribution in [2.75, 3.05) is 6.61 Å². The SMILES string of the molecule is CCOc1cccc(C(C)(O)CCC(C)C)c1. The summed E-state index contributed by atoms with van der Waals surface area (Å²) in [6.07, 6.45) is 1.80. The number of hydrogen-bond donors (Lipinski definition) is 1. The van der Waals surface area contributed by atoms with Crippen molar-refractivity contribution in [1.29, 1.82) is 0 Å². The van der Waals surface area contributed by atoms with E-state index in [1.54, 1.807) is 0 Å². The molecule has 2 heteroatoms. The van der Waals surface area contributed by atoms with Crippen LogP contribution in [0.15, 0.2) is 24.3 Å². The van der Waals surface area contributed by atoms with E-state index in [-0.39, 0.29) is 0 Å². The first-order valence-electron chi connectivity index (χ1n) is 6.41. The summed E-state index contributed by atoms with van der Waals surface area (Å²) in [6.45, 7) is 8.83. The molecule has 0 aliphatic heterocycles. The summed E-state index contributed by atoms with van der Waals surface area (Å²) in [5.74, 6) is 1.44. The first kappa shape index (κ1) is 14.0. The van der Waals surface area contributed by atoms with E-state index >= 15 is 0 Å². The molecule has 96 valence electrons. The molecule has 1 atom stereocenters. The van der Waals surface area contributed by atoms with Crippen molar-refractivity contribution in [3.8, 4) is 5.75 Å². The van der Waals surface area contributed by atoms with Crippen LogP contribution in [-0.2, 0) is 5.60 Å². The van der Waals surface area contributed by atoms with Crippen molar-refractivity contribution in [2.24, 2.45) is 5.92 Å². The molecule has 0 aromatic heterocycles. The van der Waals surface area contributed by atoms with Gasteiger partial charge in [0, 0.05) is 0 Å². The zero-order valence-electron chi connectivity index (χ0n) is 11.4. The van der Waals surface area contributed by atoms with Crippen LogP contribution in [-0.4, -0.2) is 11.7 Å². The standard InChI is InChI=1S/C15H24O2/c1-5-17-14-8-6-7-13(11-14)15(4,16)10-9-12(2)3/h6-8,11-12,16H,5,9-10H2,1-4H3. The third kappa shape index (κ3) is 4.39. The van der Waals surface area contributed by atoms with E-state index in [0.29, 0.717) is 12.5 Å². The second-order valence-electron chi connectivity index (χ2n) is 5.17. The molecule has 1 aromatic rings. The van der Waals surface area contributed by atoms with Crippen LogP contribution in [0.5, 0.6) is 5.75 Å². The van der Waals surface area contributed by atoms with Crippen molar-refractivity contribution < 1.29 is 9.84 Å². The molecule has 1 unspecified atom stereocenters. The summed E-state index contributed by atoms with van der Waals surface area (Å²) in [7, 11) is 0. The number of aliphatic hydroxyl groups is 1. The van der Waals surface area contributed by atoms with Crippen LogP contribution in [0.25, 0.3) is 0 Å². The highest BCUT2D eigenvalue weighted by Crippen LogP contribution is 2.29. The maximum atomic E-state index is 10.5. The maximum Gasteiger partial charge on any atom is 0.119 e. The molecule has 0 saturated heterocycles. The van der Waals surface area contributed by atoms with Gasteiger partial charge in [0.05, 0.1) is 12.2 Å². The van der Waals surface area contributed by atoms with Crippen LogP contribution in [0.2, 0.25) is 0 Å². The summed E-state index contributed by atoms with van der Waals surface area (Å²) in [4.78, 5) is 0. The lowest BCUT2D eigenvalue weighted by molar-refractivity contribution is 0.0418. The van der Waals surface area contributed by atoms with Gasteiger partial charge >= 0.3 is 0 Å². The number of hydrogen-bond acceptors (Lipinski definition) is 2. The fourth-order valence-corrected chi connectivity index (χ4v) is 1.80. The Morgan fingerprint density at radius 1 is 1.35 bits per heavy atom. The lowest BCUT2D eigenvalue weighted by Crippen LogP contribution is -2.21. The van der Waals surface area contributed by atoms with Gasteiger partial charge in [-0.2, -0.15) is 0 Å². The monoisotopic (exact) mass is 236 g/mol. The highest BCUT2D eigenvalue weighted by Gasteiger charge is 2.23. The van der Waals surface area contributed by atoms with Crippen LogP contribution in [0, 0.1) is 5.92 Å². The van der Waals surface area contributed by atoms with Gasteiger partial charge in [-0.15, -0.1) is 0 Å². The van der Waals surface area contributed by atoms with Crippen molar-refractivity contribution in [3.63, 3.8) is 0 Å². The molecule has 0 amide bonds. The van der Waals surface area contributed by atoms with Crippen molar-refractivity contribution in [2.45, 2.75) is 46.1 Å². The van der Waals surface area contributed by atoms with E-state index in [1.807, 2.05) is 38.1 Å². The van der Waals surface area contributed by atoms with Crippen molar-refractivity contribution in [1.82, 2.24) is 0 Å². The molecule has 0 bridgehead atoms. The summed E-state index contributed by atoms with van der Waals surface area (Å²) >= 11 is 0. The first-order valence-corrected chi connectivity index (χ1v) is 6.41. The predicted molar refractivity (Wildman–Crippen MR) is 71.3 cm³/mol. The molecule has 0 spiro atoms. The van der Waals surface area contributed by atoms with Gasteiger partial charge in [0.25, 0.3) is 0 Å². The summed E-state index contributed by atoms with van der Waals surface area (Å²) in [5.41, 5.74) is 0.168. The first-order chi connectivity index (χ1) is 7.95. The van der Waals surface area contributed by atoms with Crippen LogP contribution >= 0.6 is 0 Å². The molecule has 0 aliphatic rings. The van der Waals surface area contributed by atoms with Crippen LogP contribution in [0.3, 0.4) is 0 Å². The lowest BCUT2D eigenvalue weighted by Gasteiger charge is -2.25. The van der Waals surface area contributed by atoms with E-state index < -0.39 is 5.60 Å². The average Bonchev–Trinajstić information content (AvgIpc) is 2.27. The summed E-state index contributed by atoms with van der Waals surface area (Å²) < 4.78 is 5.46. The number of ether oxygens (including phenoxy) is 1. The molecule has 0 aliphatic carbocycles. The van der Waals surface area contributed by atoms with E-state index in [4.69, 9.17) is 4.74 Å². The Morgan fingerprint density at radius 3 is 2.65 bits per heavy atom. The van der Waals surface area contributed by atoms with Gasteiger partial charge in [-0.3, -0.25) is 0 Å². The second-order valence-corrected chi connectivity index (χ2v) is 5.17. The number of benzene rings is 1. The average molecular weight is 236 g/mol. The Labute approximate surface area is 105 Å². The number of rotatable bonds is 6. The van der Waals surface area contributed by atoms with Crippen LogP contribution in [0.1, 0.15) is 46.1 Å². The Balaban J connectivity index is 2.78. The van der Waals surface area contributed by atoms with Crippen LogP contribution in [0.4, 0.5) is 0 Å². The molecule has 0 radical (unpaired) electrons. The van der Waals surface area contributed by atoms with Gasteiger partial charge in [0.1, 0.15) is 5.75 Å². The topological polar surface area (TPSA) is 29.5 Å². The third-order valence-electron chi connectivity index (χ3n) is 2.98. The van der Waals surface area contributed by atoms with Gasteiger partial charge in [0.2, 0.25) is 0 Å². The molecule has 1 aromatic carbocycles. The minimum absolute atomic E-state index is 0.608. The van der Waals surface area contributed by atoms with E-state index in [1.165, 1.54) is 0 Å². The lowest BCUT2D eigenvalue weighted by atomic mass is 9.88. The van der Waals surface area contributed by atoms with Crippen molar-refractivity contribution in [3.05, 3.63) is 29.8 Å². The third-order valence-corrected chi connectivity index (χ3v) is 2.98. The van der Waals surface area contributed by atoms with E-state index in [0.717, 1.165) is 24.2 Å². The zero-order valence-corrected chi connectivity index (χ0v) is 11.4. The largest absolute Gasteiger partial charge is 0.494 e. The summed E-state index contributed by atoms with van der Waals surface area (Å²) in [6, 6.07) is 7.75. The smallest absolute Gasteiger partial charge is 0.119 e. The molecule has 1 rings (SSSR count). The maximum absolute atomic E-state index is 10.5. The fourth-order valence-electron chi connectivity index (χ4n) is 1.80. The molecule has 0 fully saturated rings. The normalized spacial score (nSPS) is 14.7. The Kier molecular flexibility index (Phi) is 5.01. The predicted octanol–water partition coefficient (Wildman–Crippen LogP) is 3.73. The molecule has 17 heavy (non-hydrogen) atoms. The van der Waals surface area contributed by atoms with E-state index in [9.17, 15) is 5.11 Å². The summed E-state index contributed by atoms with van der Waals surface area (Å²) in [5, 5.41) is 10.5. The Bertz CT molecular complexity index is 343. The van der Waals surface area contributed by atoms with Crippen LogP contribution < -0.4 is 4.74 Å². The van der Waals surface area contributed by atoms with Gasteiger partial charge < -0.3 is 9.84 Å². The minimum Gasteiger partial charge on any atom is -0.494 e. The minimum atomic E-state index is -0.766. The Hall–Kier alpha value is -1.02. The van der Waals surface area contributed by atoms with E-state index in [2.05, 4.69) is 13.8 Å². The molecule has 1 N–H and O–H groups in total. The highest BCUT2D eigenvalue weighted by molar-refractivity contribution is 5.31. The van der Waals surface area contributed by atoms with Gasteiger partial charge in [-0.05, 0) is 50.3 Å². The van der Waals surface area contributed by atoms with Gasteiger partial charge in [-0.1, -0.05) is 26.0 Å². The highest BCUT2D eigenvalue weighted by atomic mass is 16.5. The van der Waals surface area contributed by atoms with Gasteiger partial charge in [-0.25, -0.2) is 0 Å². The molecule has 0 saturated carbocycles. The van der Waals surface area contributed by atoms with Crippen molar-refractivity contribution >= 4 is 0 Å². The Morgan fingerprint density at radius 2 is 2.06 bits per heavy atom.